The molecule has 0 bridgehead atoms. The first-order chi connectivity index (χ1) is 28.9. The number of anilines is 4. The smallest absolute Gasteiger partial charge is 0.151 e. The lowest BCUT2D eigenvalue weighted by Gasteiger charge is -2.45. The van der Waals surface area contributed by atoms with E-state index in [0.717, 1.165) is 30.6 Å². The predicted octanol–water partition coefficient (Wildman–Crippen LogP) is 15.5. The highest BCUT2D eigenvalue weighted by molar-refractivity contribution is 7.26. The monoisotopic (exact) mass is 799 g/mol. The summed E-state index contributed by atoms with van der Waals surface area (Å²) in [5, 5.41) is 6.71. The van der Waals surface area contributed by atoms with Crippen molar-refractivity contribution in [3.05, 3.63) is 161 Å². The quantitative estimate of drug-likeness (QED) is 0.162. The second kappa shape index (κ2) is 14.4. The lowest BCUT2D eigenvalue weighted by molar-refractivity contribution is 0.332. The highest BCUT2D eigenvalue weighted by Gasteiger charge is 2.41. The van der Waals surface area contributed by atoms with E-state index in [1.165, 1.54) is 106 Å². The first kappa shape index (κ1) is 38.9. The van der Waals surface area contributed by atoms with Gasteiger partial charge in [-0.2, -0.15) is 0 Å². The molecule has 1 aliphatic heterocycles. The van der Waals surface area contributed by atoms with Crippen LogP contribution in [0.4, 0.5) is 22.7 Å². The van der Waals surface area contributed by atoms with E-state index in [2.05, 4.69) is 200 Å². The van der Waals surface area contributed by atoms with Crippen molar-refractivity contribution in [3.8, 4) is 22.3 Å². The number of benzene rings is 6. The minimum absolute atomic E-state index is 0.0932. The molecule has 2 heterocycles. The zero-order valence-electron chi connectivity index (χ0n) is 36.6. The third-order valence-corrected chi connectivity index (χ3v) is 15.4. The molecule has 3 aliphatic rings. The third-order valence-electron chi connectivity index (χ3n) is 14.3. The van der Waals surface area contributed by atoms with Crippen LogP contribution in [0.1, 0.15) is 96.4 Å². The molecular formula is C56H56BN2S. The summed E-state index contributed by atoms with van der Waals surface area (Å²) in [6.45, 7) is 19.0. The number of hydrogen-bond acceptors (Lipinski definition) is 3. The van der Waals surface area contributed by atoms with Gasteiger partial charge in [0, 0.05) is 53.9 Å². The van der Waals surface area contributed by atoms with E-state index in [0.29, 0.717) is 0 Å². The van der Waals surface area contributed by atoms with Crippen LogP contribution in [0.15, 0.2) is 139 Å². The zero-order valence-corrected chi connectivity index (χ0v) is 37.4. The van der Waals surface area contributed by atoms with Crippen molar-refractivity contribution in [2.45, 2.75) is 104 Å². The number of thiophene rings is 1. The number of allylic oxidation sites excluding steroid dienone is 3. The van der Waals surface area contributed by atoms with E-state index in [-0.39, 0.29) is 16.2 Å². The molecule has 1 radical (unpaired) electrons. The highest BCUT2D eigenvalue weighted by atomic mass is 32.1. The lowest BCUT2D eigenvalue weighted by atomic mass is 9.63. The van der Waals surface area contributed by atoms with Gasteiger partial charge in [-0.3, -0.25) is 0 Å². The van der Waals surface area contributed by atoms with Gasteiger partial charge in [-0.1, -0.05) is 146 Å². The van der Waals surface area contributed by atoms with Crippen molar-refractivity contribution in [2.24, 2.45) is 0 Å². The first-order valence-corrected chi connectivity index (χ1v) is 22.9. The number of nitrogens with zero attached hydrogens (tertiary/aromatic N) is 1. The number of rotatable bonds is 7. The van der Waals surface area contributed by atoms with Gasteiger partial charge in [0.15, 0.2) is 7.28 Å². The topological polar surface area (TPSA) is 15.3 Å². The molecule has 1 aromatic heterocycles. The first-order valence-electron chi connectivity index (χ1n) is 22.1. The molecule has 6 aromatic carbocycles. The average Bonchev–Trinajstić information content (AvgIpc) is 3.64. The Morgan fingerprint density at radius 3 is 2.25 bits per heavy atom. The number of fused-ring (bicyclic) bond motifs is 5. The van der Waals surface area contributed by atoms with Crippen LogP contribution in [-0.4, -0.2) is 7.28 Å². The zero-order chi connectivity index (χ0) is 41.6. The fourth-order valence-electron chi connectivity index (χ4n) is 10.8. The van der Waals surface area contributed by atoms with Crippen LogP contribution >= 0.6 is 11.3 Å². The molecule has 1 N–H and O–H groups in total. The van der Waals surface area contributed by atoms with E-state index < -0.39 is 0 Å². The van der Waals surface area contributed by atoms with Gasteiger partial charge in [0.2, 0.25) is 0 Å². The van der Waals surface area contributed by atoms with Crippen molar-refractivity contribution >= 4 is 67.0 Å². The van der Waals surface area contributed by atoms with E-state index >= 15 is 0 Å². The molecule has 0 saturated heterocycles. The Labute approximate surface area is 362 Å². The summed E-state index contributed by atoms with van der Waals surface area (Å²) in [6, 6.07) is 44.0. The third kappa shape index (κ3) is 6.12. The minimum Gasteiger partial charge on any atom is -0.355 e. The molecule has 0 fully saturated rings. The molecule has 0 saturated carbocycles. The van der Waals surface area contributed by atoms with Crippen molar-refractivity contribution in [1.82, 2.24) is 0 Å². The van der Waals surface area contributed by atoms with Gasteiger partial charge in [-0.05, 0) is 130 Å². The standard InChI is InChI=1S/C56H56BN2S/c1-9-35-26-29-45(58-38-27-28-40-43(34-38)55(4,5)31-30-54(40,2)3)51(50(35)36-18-11-10-12-19-36)37-32-47(52-39-20-13-16-25-48(39)60-49(52)33-37)59-46-24-15-14-21-41(46)56(6,7)42-22-17-23-44(57-8)53(42)59/h10-13,15-20,22-29,32-34,58H,9,14,21,30-31H2,1-8H3. The van der Waals surface area contributed by atoms with Gasteiger partial charge in [-0.25, -0.2) is 0 Å². The Morgan fingerprint density at radius 2 is 1.47 bits per heavy atom. The maximum Gasteiger partial charge on any atom is 0.151 e. The van der Waals surface area contributed by atoms with Crippen molar-refractivity contribution < 1.29 is 0 Å². The minimum atomic E-state index is -0.0932. The molecular weight excluding hydrogens is 744 g/mol. The van der Waals surface area contributed by atoms with Gasteiger partial charge in [0.1, 0.15) is 0 Å². The SMILES string of the molecule is C[B]c1cccc2c1N(c1cc(-c3c(Nc4ccc5c(c4)C(C)(C)CCC5(C)C)ccc(CC)c3-c3ccccc3)cc3sc4ccccc4c13)C1=C(CCC=C1)C2(C)C. The van der Waals surface area contributed by atoms with E-state index in [4.69, 9.17) is 0 Å². The Balaban J connectivity index is 1.29. The van der Waals surface area contributed by atoms with E-state index in [1.807, 2.05) is 11.3 Å². The Kier molecular flexibility index (Phi) is 9.33. The van der Waals surface area contributed by atoms with Gasteiger partial charge < -0.3 is 10.2 Å². The fraction of sp³-hybridized carbons (Fsp3) is 0.286. The van der Waals surface area contributed by atoms with Crippen molar-refractivity contribution in [2.75, 3.05) is 10.2 Å². The maximum absolute atomic E-state index is 4.08. The summed E-state index contributed by atoms with van der Waals surface area (Å²) in [4.78, 5) is 2.65. The molecule has 0 unspecified atom stereocenters. The Bertz CT molecular complexity index is 2910. The number of nitrogens with one attached hydrogen (secondary N) is 1. The van der Waals surface area contributed by atoms with Gasteiger partial charge in [-0.15, -0.1) is 11.3 Å². The molecule has 2 aliphatic carbocycles. The molecule has 2 nitrogen and oxygen atoms in total. The molecule has 0 spiro atoms. The molecule has 7 aromatic rings. The number of para-hydroxylation sites is 1. The molecule has 0 amide bonds. The maximum atomic E-state index is 4.08. The van der Waals surface area contributed by atoms with Crippen LogP contribution in [-0.2, 0) is 22.7 Å². The predicted molar refractivity (Wildman–Crippen MR) is 263 cm³/mol. The molecule has 60 heavy (non-hydrogen) atoms. The lowest BCUT2D eigenvalue weighted by Crippen LogP contribution is -2.39. The van der Waals surface area contributed by atoms with Gasteiger partial charge in [0.05, 0.1) is 5.69 Å². The summed E-state index contributed by atoms with van der Waals surface area (Å²) >= 11 is 1.92. The van der Waals surface area contributed by atoms with Crippen LogP contribution in [0.2, 0.25) is 6.82 Å². The summed E-state index contributed by atoms with van der Waals surface area (Å²) in [5.74, 6) is 0. The summed E-state index contributed by atoms with van der Waals surface area (Å²) in [5.41, 5.74) is 19.8. The number of aryl methyl sites for hydroxylation is 1. The fourth-order valence-corrected chi connectivity index (χ4v) is 12.0. The molecule has 10 rings (SSSR count). The summed E-state index contributed by atoms with van der Waals surface area (Å²) in [6.07, 6.45) is 10.3. The van der Waals surface area contributed by atoms with Crippen LogP contribution in [0.25, 0.3) is 42.4 Å². The van der Waals surface area contributed by atoms with Crippen molar-refractivity contribution in [3.63, 3.8) is 0 Å². The Morgan fingerprint density at radius 1 is 0.700 bits per heavy atom. The number of hydrogen-bond donors (Lipinski definition) is 1. The van der Waals surface area contributed by atoms with E-state index in [9.17, 15) is 0 Å². The van der Waals surface area contributed by atoms with Crippen LogP contribution in [0.3, 0.4) is 0 Å². The van der Waals surface area contributed by atoms with Crippen LogP contribution in [0.5, 0.6) is 0 Å². The normalized spacial score (nSPS) is 17.4. The highest BCUT2D eigenvalue weighted by Crippen LogP contribution is 2.55. The summed E-state index contributed by atoms with van der Waals surface area (Å²) < 4.78 is 2.62. The van der Waals surface area contributed by atoms with Gasteiger partial charge in [0.25, 0.3) is 0 Å². The molecule has 4 heteroatoms. The Hall–Kier alpha value is -5.32. The summed E-state index contributed by atoms with van der Waals surface area (Å²) in [7, 11) is 2.30. The van der Waals surface area contributed by atoms with Crippen molar-refractivity contribution in [1.29, 1.82) is 0 Å². The largest absolute Gasteiger partial charge is 0.355 e. The van der Waals surface area contributed by atoms with Gasteiger partial charge >= 0.3 is 0 Å². The molecule has 299 valence electrons. The van der Waals surface area contributed by atoms with E-state index in [1.54, 1.807) is 0 Å². The van der Waals surface area contributed by atoms with Crippen LogP contribution < -0.4 is 15.7 Å². The average molecular weight is 800 g/mol. The second-order valence-electron chi connectivity index (χ2n) is 19.2. The van der Waals surface area contributed by atoms with Crippen LogP contribution in [0, 0.1) is 0 Å². The molecule has 0 atom stereocenters. The second-order valence-corrected chi connectivity index (χ2v) is 20.2.